The van der Waals surface area contributed by atoms with Gasteiger partial charge in [-0.3, -0.25) is 10.1 Å². The molecule has 0 saturated carbocycles. The summed E-state index contributed by atoms with van der Waals surface area (Å²) in [7, 11) is 4.69. The van der Waals surface area contributed by atoms with E-state index in [0.29, 0.717) is 22.8 Å². The van der Waals surface area contributed by atoms with Crippen molar-refractivity contribution in [3.63, 3.8) is 0 Å². The molecular weight excluding hydrogens is 432 g/mol. The van der Waals surface area contributed by atoms with Crippen LogP contribution in [0.5, 0.6) is 5.75 Å². The average Bonchev–Trinajstić information content (AvgIpc) is 3.30. The van der Waals surface area contributed by atoms with Crippen molar-refractivity contribution in [1.82, 2.24) is 14.9 Å². The highest BCUT2D eigenvalue weighted by atomic mass is 16.6. The highest BCUT2D eigenvalue weighted by molar-refractivity contribution is 5.69. The Labute approximate surface area is 204 Å². The molecule has 0 fully saturated rings. The lowest BCUT2D eigenvalue weighted by molar-refractivity contribution is -0.384. The topological polar surface area (TPSA) is 87.9 Å². The van der Waals surface area contributed by atoms with Crippen LogP contribution in [0.4, 0.5) is 22.9 Å². The summed E-state index contributed by atoms with van der Waals surface area (Å²) in [5.41, 5.74) is 3.22. The number of benzene rings is 2. The number of rotatable bonds is 9. The molecule has 0 aliphatic carbocycles. The van der Waals surface area contributed by atoms with Gasteiger partial charge < -0.3 is 19.4 Å². The van der Waals surface area contributed by atoms with E-state index in [0.717, 1.165) is 24.5 Å². The summed E-state index contributed by atoms with van der Waals surface area (Å²) in [5, 5.41) is 12.0. The molecule has 0 unspecified atom stereocenters. The fourth-order valence-corrected chi connectivity index (χ4v) is 4.17. The Balaban J connectivity index is 1.60. The molecular formula is C25H30N6O3. The second-order valence-electron chi connectivity index (χ2n) is 8.29. The third kappa shape index (κ3) is 4.94. The van der Waals surface area contributed by atoms with Gasteiger partial charge in [0.1, 0.15) is 23.1 Å². The maximum atomic E-state index is 12.0. The smallest absolute Gasteiger partial charge is 0.293 e. The summed E-state index contributed by atoms with van der Waals surface area (Å²) in [6.45, 7) is -0.933. The van der Waals surface area contributed by atoms with Crippen LogP contribution in [0.2, 0.25) is 0 Å². The zero-order valence-corrected chi connectivity index (χ0v) is 19.6. The molecule has 0 bridgehead atoms. The van der Waals surface area contributed by atoms with Crippen molar-refractivity contribution in [2.24, 2.45) is 0 Å². The largest absolute Gasteiger partial charge is 0.496 e. The number of anilines is 3. The van der Waals surface area contributed by atoms with E-state index in [9.17, 15) is 10.1 Å². The molecule has 0 amide bonds. The van der Waals surface area contributed by atoms with Crippen molar-refractivity contribution < 1.29 is 13.8 Å². The molecule has 2 aromatic carbocycles. The summed E-state index contributed by atoms with van der Waals surface area (Å²) in [6.07, 6.45) is 2.88. The lowest BCUT2D eigenvalue weighted by Gasteiger charge is -2.23. The first-order valence-corrected chi connectivity index (χ1v) is 11.0. The van der Waals surface area contributed by atoms with Gasteiger partial charge in [-0.1, -0.05) is 18.2 Å². The number of fused-ring (bicyclic) bond motifs is 1. The van der Waals surface area contributed by atoms with Gasteiger partial charge >= 0.3 is 0 Å². The second kappa shape index (κ2) is 10.0. The zero-order chi connectivity index (χ0) is 26.7. The second-order valence-corrected chi connectivity index (χ2v) is 8.29. The molecule has 178 valence electrons. The quantitative estimate of drug-likeness (QED) is 0.349. The van der Waals surface area contributed by atoms with Gasteiger partial charge in [0.25, 0.3) is 5.69 Å². The van der Waals surface area contributed by atoms with E-state index >= 15 is 0 Å². The molecule has 34 heavy (non-hydrogen) atoms. The number of hydrogen-bond donors (Lipinski definition) is 0. The Kier molecular flexibility index (Phi) is 5.83. The number of hydrogen-bond acceptors (Lipinski definition) is 8. The number of methoxy groups -OCH3 is 1. The fraction of sp³-hybridized carbons (Fsp3) is 0.360. The molecule has 2 heterocycles. The van der Waals surface area contributed by atoms with E-state index in [1.54, 1.807) is 24.2 Å². The van der Waals surface area contributed by atoms with Gasteiger partial charge in [-0.25, -0.2) is 9.97 Å². The Morgan fingerprint density at radius 2 is 2.06 bits per heavy atom. The molecule has 3 aromatic rings. The van der Waals surface area contributed by atoms with Crippen LogP contribution in [0, 0.1) is 10.1 Å². The standard InChI is InChI=1S/C25H30N6O3/c1-28(2)13-14-29(3)21-17-23(34-4)19(15-22(21)31(32)33)16-24-26-11-9-25(27-24)30-12-10-18-7-5-6-8-20(18)30/h5-9,11,15,17H,10,12-14,16H2,1-4H3/i1D3. The number of para-hydroxylation sites is 1. The van der Waals surface area contributed by atoms with Crippen molar-refractivity contribution in [2.75, 3.05) is 57.6 Å². The van der Waals surface area contributed by atoms with Crippen molar-refractivity contribution in [1.29, 1.82) is 0 Å². The van der Waals surface area contributed by atoms with E-state index in [4.69, 9.17) is 13.8 Å². The minimum Gasteiger partial charge on any atom is -0.496 e. The Morgan fingerprint density at radius 1 is 1.24 bits per heavy atom. The molecule has 1 aromatic heterocycles. The van der Waals surface area contributed by atoms with Crippen molar-refractivity contribution in [2.45, 2.75) is 12.8 Å². The molecule has 0 radical (unpaired) electrons. The fourth-order valence-electron chi connectivity index (χ4n) is 4.17. The number of aromatic nitrogens is 2. The molecule has 4 rings (SSSR count). The highest BCUT2D eigenvalue weighted by Gasteiger charge is 2.24. The number of likely N-dealkylation sites (N-methyl/N-ethyl adjacent to an activating group) is 2. The van der Waals surface area contributed by atoms with Crippen molar-refractivity contribution in [3.8, 4) is 5.75 Å². The van der Waals surface area contributed by atoms with Crippen molar-refractivity contribution in [3.05, 3.63) is 75.7 Å². The minimum absolute atomic E-state index is 0.0977. The van der Waals surface area contributed by atoms with Crippen LogP contribution in [0.15, 0.2) is 48.7 Å². The Morgan fingerprint density at radius 3 is 2.82 bits per heavy atom. The first-order chi connectivity index (χ1) is 17.6. The van der Waals surface area contributed by atoms with Crippen LogP contribution >= 0.6 is 0 Å². The Hall–Kier alpha value is -3.72. The predicted molar refractivity (Wildman–Crippen MR) is 133 cm³/mol. The maximum absolute atomic E-state index is 12.0. The van der Waals surface area contributed by atoms with E-state index in [-0.39, 0.29) is 25.2 Å². The highest BCUT2D eigenvalue weighted by Crippen LogP contribution is 2.36. The number of ether oxygens (including phenoxy) is 1. The normalized spacial score (nSPS) is 14.4. The molecule has 0 atom stereocenters. The zero-order valence-electron chi connectivity index (χ0n) is 22.6. The van der Waals surface area contributed by atoms with Gasteiger partial charge in [-0.05, 0) is 38.1 Å². The van der Waals surface area contributed by atoms with Gasteiger partial charge in [0.2, 0.25) is 0 Å². The number of nitrogens with zero attached hydrogens (tertiary/aromatic N) is 6. The van der Waals surface area contributed by atoms with Gasteiger partial charge in [0.05, 0.1) is 12.0 Å². The first kappa shape index (κ1) is 19.7. The van der Waals surface area contributed by atoms with Gasteiger partial charge in [-0.2, -0.15) is 0 Å². The van der Waals surface area contributed by atoms with Crippen LogP contribution in [-0.4, -0.2) is 67.6 Å². The third-order valence-electron chi connectivity index (χ3n) is 5.96. The van der Waals surface area contributed by atoms with Gasteiger partial charge in [0, 0.05) is 66.8 Å². The monoisotopic (exact) mass is 465 g/mol. The molecule has 0 N–H and O–H groups in total. The maximum Gasteiger partial charge on any atom is 0.293 e. The van der Waals surface area contributed by atoms with Crippen LogP contribution in [-0.2, 0) is 12.8 Å². The van der Waals surface area contributed by atoms with Gasteiger partial charge in [0.15, 0.2) is 0 Å². The van der Waals surface area contributed by atoms with E-state index in [1.165, 1.54) is 30.7 Å². The SMILES string of the molecule is [2H]C([2H])([2H])N(C)CCN(C)c1cc(OC)c(Cc2nccc(N3CCc4ccccc43)n2)cc1[N+](=O)[O-]. The summed E-state index contributed by atoms with van der Waals surface area (Å²) >= 11 is 0. The minimum atomic E-state index is -2.24. The summed E-state index contributed by atoms with van der Waals surface area (Å²) in [6, 6.07) is 13.2. The predicted octanol–water partition coefficient (Wildman–Crippen LogP) is 3.68. The summed E-state index contributed by atoms with van der Waals surface area (Å²) < 4.78 is 28.1. The molecule has 9 nitrogen and oxygen atoms in total. The molecule has 1 aliphatic heterocycles. The summed E-state index contributed by atoms with van der Waals surface area (Å²) in [5.74, 6) is 1.77. The van der Waals surface area contributed by atoms with Gasteiger partial charge in [-0.15, -0.1) is 0 Å². The first-order valence-electron chi connectivity index (χ1n) is 12.5. The molecule has 9 heteroatoms. The Bertz CT molecular complexity index is 1290. The third-order valence-corrected chi connectivity index (χ3v) is 5.96. The lowest BCUT2D eigenvalue weighted by atomic mass is 10.1. The van der Waals surface area contributed by atoms with E-state index < -0.39 is 11.9 Å². The van der Waals surface area contributed by atoms with E-state index in [2.05, 4.69) is 22.0 Å². The molecule has 1 aliphatic rings. The van der Waals surface area contributed by atoms with E-state index in [1.807, 2.05) is 18.2 Å². The van der Waals surface area contributed by atoms with Crippen LogP contribution in [0.25, 0.3) is 0 Å². The molecule has 0 saturated heterocycles. The average molecular weight is 466 g/mol. The van der Waals surface area contributed by atoms with Crippen LogP contribution in [0.1, 0.15) is 21.1 Å². The molecule has 0 spiro atoms. The lowest BCUT2D eigenvalue weighted by Crippen LogP contribution is -2.29. The number of nitro groups is 1. The van der Waals surface area contributed by atoms with Crippen molar-refractivity contribution >= 4 is 22.9 Å². The number of nitro benzene ring substituents is 1. The summed E-state index contributed by atoms with van der Waals surface area (Å²) in [4.78, 5) is 25.7. The van der Waals surface area contributed by atoms with Crippen LogP contribution < -0.4 is 14.5 Å². The van der Waals surface area contributed by atoms with Crippen LogP contribution in [0.3, 0.4) is 0 Å².